The van der Waals surface area contributed by atoms with E-state index in [-0.39, 0.29) is 0 Å². The van der Waals surface area contributed by atoms with Crippen molar-refractivity contribution >= 4 is 11.6 Å². The van der Waals surface area contributed by atoms with Crippen molar-refractivity contribution in [2.24, 2.45) is 0 Å². The molecule has 3 heteroatoms. The second-order valence-electron chi connectivity index (χ2n) is 3.47. The average Bonchev–Trinajstić information content (AvgIpc) is 2.30. The number of nitrogens with zero attached hydrogens (tertiary/aromatic N) is 1. The lowest BCUT2D eigenvalue weighted by Crippen LogP contribution is -1.94. The summed E-state index contributed by atoms with van der Waals surface area (Å²) in [6.07, 6.45) is 0. The van der Waals surface area contributed by atoms with Gasteiger partial charge in [0.2, 0.25) is 0 Å². The fourth-order valence-corrected chi connectivity index (χ4v) is 1.94. The number of rotatable bonds is 2. The summed E-state index contributed by atoms with van der Waals surface area (Å²) in [6.45, 7) is 1.89. The third-order valence-corrected chi connectivity index (χ3v) is 2.65. The van der Waals surface area contributed by atoms with Gasteiger partial charge >= 0.3 is 0 Å². The molecule has 2 aromatic rings. The molecule has 2 nitrogen and oxygen atoms in total. The monoisotopic (exact) mass is 233 g/mol. The Bertz CT molecular complexity index is 474. The minimum absolute atomic E-state index is 0.592. The molecule has 1 aromatic heterocycles. The number of pyridine rings is 1. The van der Waals surface area contributed by atoms with Crippen molar-refractivity contribution in [1.82, 2.24) is 4.98 Å². The smallest absolute Gasteiger partial charge is 0.158 e. The van der Waals surface area contributed by atoms with Crippen molar-refractivity contribution in [1.29, 1.82) is 0 Å². The quantitative estimate of drug-likeness (QED) is 0.789. The van der Waals surface area contributed by atoms with E-state index in [1.54, 1.807) is 7.11 Å². The molecule has 0 radical (unpaired) electrons. The highest BCUT2D eigenvalue weighted by atomic mass is 35.5. The molecular formula is C13H12ClNO. The first kappa shape index (κ1) is 11.0. The van der Waals surface area contributed by atoms with Crippen LogP contribution in [0.5, 0.6) is 5.75 Å². The Labute approximate surface area is 99.9 Å². The van der Waals surface area contributed by atoms with E-state index in [0.29, 0.717) is 10.8 Å². The lowest BCUT2D eigenvalue weighted by atomic mass is 10.1. The Kier molecular flexibility index (Phi) is 3.11. The van der Waals surface area contributed by atoms with Gasteiger partial charge in [-0.15, -0.1) is 0 Å². The van der Waals surface area contributed by atoms with Gasteiger partial charge in [0.05, 0.1) is 23.5 Å². The molecule has 1 aromatic carbocycles. The Morgan fingerprint density at radius 2 is 1.88 bits per heavy atom. The van der Waals surface area contributed by atoms with E-state index in [1.807, 2.05) is 43.3 Å². The van der Waals surface area contributed by atoms with Crippen LogP contribution in [0.2, 0.25) is 5.02 Å². The maximum absolute atomic E-state index is 6.12. The first-order valence-corrected chi connectivity index (χ1v) is 5.36. The van der Waals surface area contributed by atoms with Gasteiger partial charge in [0.15, 0.2) is 5.75 Å². The summed E-state index contributed by atoms with van der Waals surface area (Å²) in [5.41, 5.74) is 2.72. The van der Waals surface area contributed by atoms with E-state index >= 15 is 0 Å². The van der Waals surface area contributed by atoms with Crippen LogP contribution in [0.15, 0.2) is 36.4 Å². The SMILES string of the molecule is COc1c(Cl)cc(-c2ccccc2)nc1C. The van der Waals surface area contributed by atoms with Gasteiger partial charge in [-0.3, -0.25) is 0 Å². The number of methoxy groups -OCH3 is 1. The summed E-state index contributed by atoms with van der Waals surface area (Å²) in [5, 5.41) is 0.592. The number of aryl methyl sites for hydroxylation is 1. The molecule has 0 aliphatic rings. The molecule has 1 heterocycles. The van der Waals surface area contributed by atoms with E-state index in [2.05, 4.69) is 4.98 Å². The predicted molar refractivity (Wildman–Crippen MR) is 66.0 cm³/mol. The molecule has 0 N–H and O–H groups in total. The molecule has 16 heavy (non-hydrogen) atoms. The van der Waals surface area contributed by atoms with Crippen LogP contribution >= 0.6 is 11.6 Å². The van der Waals surface area contributed by atoms with Crippen molar-refractivity contribution in [3.63, 3.8) is 0 Å². The van der Waals surface area contributed by atoms with E-state index in [9.17, 15) is 0 Å². The van der Waals surface area contributed by atoms with Crippen LogP contribution in [-0.4, -0.2) is 12.1 Å². The van der Waals surface area contributed by atoms with Gasteiger partial charge in [-0.1, -0.05) is 41.9 Å². The first-order chi connectivity index (χ1) is 7.72. The van der Waals surface area contributed by atoms with Crippen LogP contribution in [0.25, 0.3) is 11.3 Å². The topological polar surface area (TPSA) is 22.1 Å². The van der Waals surface area contributed by atoms with E-state index in [1.165, 1.54) is 0 Å². The molecule has 0 spiro atoms. The number of hydrogen-bond donors (Lipinski definition) is 0. The van der Waals surface area contributed by atoms with E-state index < -0.39 is 0 Å². The summed E-state index contributed by atoms with van der Waals surface area (Å²) in [5.74, 6) is 0.640. The van der Waals surface area contributed by atoms with Crippen molar-refractivity contribution in [3.05, 3.63) is 47.1 Å². The highest BCUT2D eigenvalue weighted by molar-refractivity contribution is 6.32. The molecule has 0 aliphatic carbocycles. The van der Waals surface area contributed by atoms with Gasteiger partial charge < -0.3 is 4.74 Å². The fraction of sp³-hybridized carbons (Fsp3) is 0.154. The Morgan fingerprint density at radius 1 is 1.19 bits per heavy atom. The molecular weight excluding hydrogens is 222 g/mol. The number of benzene rings is 1. The van der Waals surface area contributed by atoms with E-state index in [4.69, 9.17) is 16.3 Å². The number of aromatic nitrogens is 1. The summed E-state index contributed by atoms with van der Waals surface area (Å²) >= 11 is 6.12. The minimum atomic E-state index is 0.592. The highest BCUT2D eigenvalue weighted by Gasteiger charge is 2.09. The van der Waals surface area contributed by atoms with Gasteiger partial charge in [-0.05, 0) is 13.0 Å². The predicted octanol–water partition coefficient (Wildman–Crippen LogP) is 3.72. The lowest BCUT2D eigenvalue weighted by Gasteiger charge is -2.09. The normalized spacial score (nSPS) is 10.2. The van der Waals surface area contributed by atoms with Crippen LogP contribution in [-0.2, 0) is 0 Å². The Morgan fingerprint density at radius 3 is 2.44 bits per heavy atom. The largest absolute Gasteiger partial charge is 0.493 e. The van der Waals surface area contributed by atoms with Crippen molar-refractivity contribution in [2.75, 3.05) is 7.11 Å². The second-order valence-corrected chi connectivity index (χ2v) is 3.88. The summed E-state index contributed by atoms with van der Waals surface area (Å²) in [6, 6.07) is 11.8. The Balaban J connectivity index is 2.53. The van der Waals surface area contributed by atoms with Crippen LogP contribution < -0.4 is 4.74 Å². The van der Waals surface area contributed by atoms with Crippen LogP contribution in [0.1, 0.15) is 5.69 Å². The van der Waals surface area contributed by atoms with Crippen LogP contribution in [0, 0.1) is 6.92 Å². The molecule has 0 bridgehead atoms. The average molecular weight is 234 g/mol. The molecule has 0 unspecified atom stereocenters. The maximum atomic E-state index is 6.12. The molecule has 0 fully saturated rings. The van der Waals surface area contributed by atoms with Gasteiger partial charge in [0.25, 0.3) is 0 Å². The molecule has 0 aliphatic heterocycles. The van der Waals surface area contributed by atoms with E-state index in [0.717, 1.165) is 17.0 Å². The summed E-state index contributed by atoms with van der Waals surface area (Å²) in [4.78, 5) is 4.47. The van der Waals surface area contributed by atoms with Gasteiger partial charge in [0, 0.05) is 5.56 Å². The third-order valence-electron chi connectivity index (χ3n) is 2.37. The zero-order valence-electron chi connectivity index (χ0n) is 9.20. The fourth-order valence-electron chi connectivity index (χ4n) is 1.62. The number of halogens is 1. The van der Waals surface area contributed by atoms with Gasteiger partial charge in [-0.25, -0.2) is 4.98 Å². The third kappa shape index (κ3) is 2.02. The second kappa shape index (κ2) is 4.54. The molecule has 0 saturated heterocycles. The van der Waals surface area contributed by atoms with Crippen LogP contribution in [0.4, 0.5) is 0 Å². The summed E-state index contributed by atoms with van der Waals surface area (Å²) < 4.78 is 5.17. The first-order valence-electron chi connectivity index (χ1n) is 4.99. The highest BCUT2D eigenvalue weighted by Crippen LogP contribution is 2.30. The van der Waals surface area contributed by atoms with Crippen molar-refractivity contribution in [3.8, 4) is 17.0 Å². The number of ether oxygens (including phenoxy) is 1. The van der Waals surface area contributed by atoms with Crippen molar-refractivity contribution < 1.29 is 4.74 Å². The summed E-state index contributed by atoms with van der Waals surface area (Å²) in [7, 11) is 1.60. The molecule has 0 atom stereocenters. The zero-order chi connectivity index (χ0) is 11.5. The van der Waals surface area contributed by atoms with Crippen LogP contribution in [0.3, 0.4) is 0 Å². The molecule has 0 amide bonds. The number of hydrogen-bond acceptors (Lipinski definition) is 2. The molecule has 0 saturated carbocycles. The van der Waals surface area contributed by atoms with Gasteiger partial charge in [0.1, 0.15) is 0 Å². The minimum Gasteiger partial charge on any atom is -0.493 e. The Hall–Kier alpha value is -1.54. The molecule has 2 rings (SSSR count). The van der Waals surface area contributed by atoms with Gasteiger partial charge in [-0.2, -0.15) is 0 Å². The zero-order valence-corrected chi connectivity index (χ0v) is 9.95. The standard InChI is InChI=1S/C13H12ClNO/c1-9-13(16-2)11(14)8-12(15-9)10-6-4-3-5-7-10/h3-8H,1-2H3. The molecule has 82 valence electrons. The van der Waals surface area contributed by atoms with Crippen molar-refractivity contribution in [2.45, 2.75) is 6.92 Å². The lowest BCUT2D eigenvalue weighted by molar-refractivity contribution is 0.409. The maximum Gasteiger partial charge on any atom is 0.158 e.